The first-order valence-corrected chi connectivity index (χ1v) is 6.17. The summed E-state index contributed by atoms with van der Waals surface area (Å²) in [7, 11) is 0. The van der Waals surface area contributed by atoms with Gasteiger partial charge in [0.05, 0.1) is 17.7 Å². The third-order valence-electron chi connectivity index (χ3n) is 2.76. The molecule has 1 aromatic carbocycles. The van der Waals surface area contributed by atoms with Gasteiger partial charge in [0.15, 0.2) is 0 Å². The Bertz CT molecular complexity index is 684. The molecule has 1 N–H and O–H groups in total. The van der Waals surface area contributed by atoms with Crippen molar-refractivity contribution >= 4 is 11.6 Å². The van der Waals surface area contributed by atoms with Crippen LogP contribution in [-0.2, 0) is 13.0 Å². The van der Waals surface area contributed by atoms with Gasteiger partial charge in [-0.05, 0) is 12.1 Å². The van der Waals surface area contributed by atoms with Gasteiger partial charge in [-0.1, -0.05) is 6.92 Å². The van der Waals surface area contributed by atoms with Crippen molar-refractivity contribution in [3.63, 3.8) is 0 Å². The quantitative estimate of drug-likeness (QED) is 0.673. The van der Waals surface area contributed by atoms with E-state index in [-0.39, 0.29) is 12.1 Å². The Labute approximate surface area is 118 Å². The van der Waals surface area contributed by atoms with Crippen LogP contribution in [0.25, 0.3) is 0 Å². The zero-order valence-electron chi connectivity index (χ0n) is 11.1. The van der Waals surface area contributed by atoms with Crippen molar-refractivity contribution in [2.45, 2.75) is 19.9 Å². The van der Waals surface area contributed by atoms with Crippen molar-refractivity contribution in [1.29, 1.82) is 0 Å². The van der Waals surface area contributed by atoms with E-state index in [2.05, 4.69) is 10.3 Å². The summed E-state index contributed by atoms with van der Waals surface area (Å²) in [6, 6.07) is 2.95. The molecule has 0 saturated heterocycles. The van der Waals surface area contributed by atoms with Crippen LogP contribution in [-0.4, -0.2) is 15.8 Å². The van der Waals surface area contributed by atoms with Gasteiger partial charge in [0.1, 0.15) is 5.76 Å². The fourth-order valence-corrected chi connectivity index (χ4v) is 1.65. The minimum absolute atomic E-state index is 0.0135. The van der Waals surface area contributed by atoms with E-state index in [1.807, 2.05) is 6.92 Å². The van der Waals surface area contributed by atoms with E-state index in [1.54, 1.807) is 6.20 Å². The lowest BCUT2D eigenvalue weighted by Gasteiger charge is -2.03. The number of halogens is 1. The number of nitrogens with zero attached hydrogens (tertiary/aromatic N) is 2. The number of rotatable bonds is 5. The molecular formula is C13H12FN3O4. The highest BCUT2D eigenvalue weighted by Crippen LogP contribution is 2.18. The van der Waals surface area contributed by atoms with Gasteiger partial charge in [-0.2, -0.15) is 4.39 Å². The number of hydrogen-bond acceptors (Lipinski definition) is 5. The highest BCUT2D eigenvalue weighted by atomic mass is 19.1. The maximum atomic E-state index is 13.4. The molecule has 0 aliphatic carbocycles. The molecule has 21 heavy (non-hydrogen) atoms. The summed E-state index contributed by atoms with van der Waals surface area (Å²) in [5.41, 5.74) is -0.688. The molecule has 1 amide bonds. The first-order chi connectivity index (χ1) is 10.0. The summed E-state index contributed by atoms with van der Waals surface area (Å²) < 4.78 is 18.7. The number of nitro groups is 1. The summed E-state index contributed by atoms with van der Waals surface area (Å²) >= 11 is 0. The Morgan fingerprint density at radius 1 is 1.52 bits per heavy atom. The maximum absolute atomic E-state index is 13.4. The fourth-order valence-electron chi connectivity index (χ4n) is 1.65. The second-order valence-electron chi connectivity index (χ2n) is 4.18. The fraction of sp³-hybridized carbons (Fsp3) is 0.231. The SMILES string of the molecule is CCc1cnc(CNC(=O)c2ccc([N+](=O)[O-])c(F)c2)o1. The minimum atomic E-state index is -1.06. The predicted octanol–water partition coefficient (Wildman–Crippen LogP) is 2.21. The van der Waals surface area contributed by atoms with E-state index >= 15 is 0 Å². The number of nitro benzene ring substituents is 1. The van der Waals surface area contributed by atoms with E-state index in [9.17, 15) is 19.3 Å². The molecule has 1 heterocycles. The Hall–Kier alpha value is -2.77. The number of carbonyl (C=O) groups is 1. The molecule has 0 saturated carbocycles. The molecule has 7 nitrogen and oxygen atoms in total. The number of carbonyl (C=O) groups excluding carboxylic acids is 1. The van der Waals surface area contributed by atoms with Crippen LogP contribution in [0.4, 0.5) is 10.1 Å². The number of aryl methyl sites for hydroxylation is 1. The lowest BCUT2D eigenvalue weighted by atomic mass is 10.2. The molecule has 0 unspecified atom stereocenters. The van der Waals surface area contributed by atoms with Gasteiger partial charge in [0, 0.05) is 18.1 Å². The molecule has 0 atom stereocenters. The first kappa shape index (κ1) is 14.6. The first-order valence-electron chi connectivity index (χ1n) is 6.17. The zero-order chi connectivity index (χ0) is 15.4. The highest BCUT2D eigenvalue weighted by Gasteiger charge is 2.16. The highest BCUT2D eigenvalue weighted by molar-refractivity contribution is 5.94. The molecule has 110 valence electrons. The van der Waals surface area contributed by atoms with Crippen LogP contribution < -0.4 is 5.32 Å². The molecule has 2 rings (SSSR count). The van der Waals surface area contributed by atoms with Crippen LogP contribution in [0, 0.1) is 15.9 Å². The summed E-state index contributed by atoms with van der Waals surface area (Å²) in [4.78, 5) is 25.4. The average Bonchev–Trinajstić information content (AvgIpc) is 2.92. The van der Waals surface area contributed by atoms with E-state index in [0.29, 0.717) is 18.1 Å². The molecule has 1 aromatic heterocycles. The molecule has 0 aliphatic rings. The third-order valence-corrected chi connectivity index (χ3v) is 2.76. The Kier molecular flexibility index (Phi) is 4.27. The summed E-state index contributed by atoms with van der Waals surface area (Å²) in [6.07, 6.45) is 2.25. The molecule has 2 aromatic rings. The largest absolute Gasteiger partial charge is 0.444 e. The molecular weight excluding hydrogens is 281 g/mol. The summed E-state index contributed by atoms with van der Waals surface area (Å²) in [5.74, 6) is -0.597. The minimum Gasteiger partial charge on any atom is -0.444 e. The van der Waals surface area contributed by atoms with Crippen molar-refractivity contribution in [3.05, 3.63) is 57.5 Å². The van der Waals surface area contributed by atoms with E-state index < -0.39 is 22.3 Å². The van der Waals surface area contributed by atoms with E-state index in [1.165, 1.54) is 6.07 Å². The lowest BCUT2D eigenvalue weighted by Crippen LogP contribution is -2.23. The Morgan fingerprint density at radius 2 is 2.29 bits per heavy atom. The molecule has 0 aliphatic heterocycles. The van der Waals surface area contributed by atoms with Gasteiger partial charge in [0.25, 0.3) is 5.91 Å². The number of nitrogens with one attached hydrogen (secondary N) is 1. The van der Waals surface area contributed by atoms with Crippen LogP contribution in [0.1, 0.15) is 28.9 Å². The zero-order valence-corrected chi connectivity index (χ0v) is 11.1. The second kappa shape index (κ2) is 6.12. The smallest absolute Gasteiger partial charge is 0.304 e. The van der Waals surface area contributed by atoms with E-state index in [0.717, 1.165) is 12.1 Å². The monoisotopic (exact) mass is 293 g/mol. The predicted molar refractivity (Wildman–Crippen MR) is 70.1 cm³/mol. The number of aromatic nitrogens is 1. The number of hydrogen-bond donors (Lipinski definition) is 1. The van der Waals surface area contributed by atoms with Gasteiger partial charge in [0.2, 0.25) is 11.7 Å². The number of amides is 1. The van der Waals surface area contributed by atoms with Gasteiger partial charge in [-0.15, -0.1) is 0 Å². The van der Waals surface area contributed by atoms with Gasteiger partial charge in [-0.25, -0.2) is 4.98 Å². The van der Waals surface area contributed by atoms with Crippen molar-refractivity contribution < 1.29 is 18.5 Å². The summed E-state index contributed by atoms with van der Waals surface area (Å²) in [5, 5.41) is 13.0. The van der Waals surface area contributed by atoms with Crippen LogP contribution in [0.15, 0.2) is 28.8 Å². The standard InChI is InChI=1S/C13H12FN3O4/c1-2-9-6-15-12(21-9)7-16-13(18)8-3-4-11(17(19)20)10(14)5-8/h3-6H,2,7H2,1H3,(H,16,18). The molecule has 0 bridgehead atoms. The summed E-state index contributed by atoms with van der Waals surface area (Å²) in [6.45, 7) is 1.96. The van der Waals surface area contributed by atoms with Crippen LogP contribution in [0.2, 0.25) is 0 Å². The maximum Gasteiger partial charge on any atom is 0.304 e. The van der Waals surface area contributed by atoms with Crippen molar-refractivity contribution in [3.8, 4) is 0 Å². The van der Waals surface area contributed by atoms with Gasteiger partial charge >= 0.3 is 5.69 Å². The number of oxazole rings is 1. The van der Waals surface area contributed by atoms with Crippen molar-refractivity contribution in [2.24, 2.45) is 0 Å². The van der Waals surface area contributed by atoms with Crippen molar-refractivity contribution in [1.82, 2.24) is 10.3 Å². The lowest BCUT2D eigenvalue weighted by molar-refractivity contribution is -0.387. The topological polar surface area (TPSA) is 98.3 Å². The molecule has 0 radical (unpaired) electrons. The third kappa shape index (κ3) is 3.41. The van der Waals surface area contributed by atoms with Gasteiger partial charge < -0.3 is 9.73 Å². The Morgan fingerprint density at radius 3 is 2.86 bits per heavy atom. The van der Waals surface area contributed by atoms with Crippen LogP contribution in [0.3, 0.4) is 0 Å². The molecule has 0 spiro atoms. The van der Waals surface area contributed by atoms with Crippen LogP contribution in [0.5, 0.6) is 0 Å². The number of benzene rings is 1. The average molecular weight is 293 g/mol. The van der Waals surface area contributed by atoms with Crippen LogP contribution >= 0.6 is 0 Å². The molecule has 0 fully saturated rings. The molecule has 8 heteroatoms. The van der Waals surface area contributed by atoms with E-state index in [4.69, 9.17) is 4.42 Å². The normalized spacial score (nSPS) is 10.4. The van der Waals surface area contributed by atoms with Crippen molar-refractivity contribution in [2.75, 3.05) is 0 Å². The Balaban J connectivity index is 2.03. The second-order valence-corrected chi connectivity index (χ2v) is 4.18. The van der Waals surface area contributed by atoms with Gasteiger partial charge in [-0.3, -0.25) is 14.9 Å².